The van der Waals surface area contributed by atoms with Crippen molar-refractivity contribution in [2.45, 2.75) is 5.60 Å². The fraction of sp³-hybridized carbons (Fsp3) is 0.100. The van der Waals surface area contributed by atoms with Crippen molar-refractivity contribution in [3.05, 3.63) is 89.2 Å². The number of likely N-dealkylation sites (N-methyl/N-ethyl adjacent to an activating group) is 1. The van der Waals surface area contributed by atoms with Crippen molar-refractivity contribution in [3.8, 4) is 5.75 Å². The molecule has 1 atom stereocenters. The zero-order valence-corrected chi connectivity index (χ0v) is 14.3. The van der Waals surface area contributed by atoms with Crippen molar-refractivity contribution >= 4 is 23.2 Å². The summed E-state index contributed by atoms with van der Waals surface area (Å²) in [5, 5.41) is 0.541. The molecule has 3 aromatic rings. The van der Waals surface area contributed by atoms with Gasteiger partial charge in [-0.15, -0.1) is 0 Å². The standard InChI is InChI=1S/C20H15ClN2O2/c1-23-17-11-10-14(21)13-16(17)20(19(23)24,18-9-5-6-12-22-18)25-15-7-3-2-4-8-15/h2-13H,1H3. The van der Waals surface area contributed by atoms with Crippen LogP contribution < -0.4 is 9.64 Å². The van der Waals surface area contributed by atoms with Crippen molar-refractivity contribution in [1.82, 2.24) is 4.98 Å². The van der Waals surface area contributed by atoms with Crippen LogP contribution in [0.15, 0.2) is 72.9 Å². The van der Waals surface area contributed by atoms with Gasteiger partial charge in [-0.05, 0) is 42.5 Å². The number of carbonyl (C=O) groups is 1. The van der Waals surface area contributed by atoms with Crippen molar-refractivity contribution in [1.29, 1.82) is 0 Å². The van der Waals surface area contributed by atoms with Gasteiger partial charge in [-0.2, -0.15) is 0 Å². The van der Waals surface area contributed by atoms with Gasteiger partial charge in [0.2, 0.25) is 0 Å². The molecule has 2 aromatic carbocycles. The molecule has 0 saturated carbocycles. The molecule has 0 spiro atoms. The highest BCUT2D eigenvalue weighted by molar-refractivity contribution is 6.31. The molecule has 2 heterocycles. The highest BCUT2D eigenvalue weighted by atomic mass is 35.5. The summed E-state index contributed by atoms with van der Waals surface area (Å²) in [5.41, 5.74) is 0.611. The molecule has 0 aliphatic carbocycles. The lowest BCUT2D eigenvalue weighted by Crippen LogP contribution is -2.45. The third-order valence-corrected chi connectivity index (χ3v) is 4.58. The summed E-state index contributed by atoms with van der Waals surface area (Å²) in [6.45, 7) is 0. The van der Waals surface area contributed by atoms with Crippen molar-refractivity contribution in [2.75, 3.05) is 11.9 Å². The Hall–Kier alpha value is -2.85. The number of anilines is 1. The Balaban J connectivity index is 1.99. The number of carbonyl (C=O) groups excluding carboxylic acids is 1. The fourth-order valence-electron chi connectivity index (χ4n) is 3.18. The quantitative estimate of drug-likeness (QED) is 0.716. The topological polar surface area (TPSA) is 42.4 Å². The van der Waals surface area contributed by atoms with Crippen LogP contribution in [0.4, 0.5) is 5.69 Å². The van der Waals surface area contributed by atoms with E-state index in [1.165, 1.54) is 0 Å². The number of rotatable bonds is 3. The van der Waals surface area contributed by atoms with Crippen LogP contribution in [0.25, 0.3) is 0 Å². The number of fused-ring (bicyclic) bond motifs is 1. The number of benzene rings is 2. The zero-order chi connectivity index (χ0) is 17.4. The third kappa shape index (κ3) is 2.37. The maximum Gasteiger partial charge on any atom is 0.282 e. The first-order valence-electron chi connectivity index (χ1n) is 7.86. The minimum atomic E-state index is -1.36. The molecule has 0 bridgehead atoms. The molecule has 0 saturated heterocycles. The van der Waals surface area contributed by atoms with E-state index in [1.54, 1.807) is 36.3 Å². The first-order valence-corrected chi connectivity index (χ1v) is 8.24. The molecule has 0 N–H and O–H groups in total. The predicted molar refractivity (Wildman–Crippen MR) is 96.9 cm³/mol. The molecule has 1 aliphatic rings. The molecular weight excluding hydrogens is 336 g/mol. The summed E-state index contributed by atoms with van der Waals surface area (Å²) < 4.78 is 6.30. The molecule has 1 amide bonds. The minimum Gasteiger partial charge on any atom is -0.466 e. The van der Waals surface area contributed by atoms with Gasteiger partial charge in [-0.3, -0.25) is 9.78 Å². The second-order valence-corrected chi connectivity index (χ2v) is 6.27. The summed E-state index contributed by atoms with van der Waals surface area (Å²) in [4.78, 5) is 19.3. The van der Waals surface area contributed by atoms with Crippen LogP contribution in [-0.4, -0.2) is 17.9 Å². The third-order valence-electron chi connectivity index (χ3n) is 4.34. The lowest BCUT2D eigenvalue weighted by molar-refractivity contribution is -0.130. The van der Waals surface area contributed by atoms with E-state index in [0.717, 1.165) is 5.69 Å². The Morgan fingerprint density at radius 1 is 1.04 bits per heavy atom. The molecule has 1 aromatic heterocycles. The Kier molecular flexibility index (Phi) is 3.70. The molecule has 124 valence electrons. The van der Waals surface area contributed by atoms with E-state index in [2.05, 4.69) is 4.98 Å². The Labute approximate surface area is 150 Å². The molecule has 4 rings (SSSR count). The number of halogens is 1. The van der Waals surface area contributed by atoms with Crippen molar-refractivity contribution in [2.24, 2.45) is 0 Å². The second-order valence-electron chi connectivity index (χ2n) is 5.84. The van der Waals surface area contributed by atoms with E-state index >= 15 is 0 Å². The number of aromatic nitrogens is 1. The lowest BCUT2D eigenvalue weighted by atomic mass is 9.90. The van der Waals surface area contributed by atoms with Gasteiger partial charge in [0.1, 0.15) is 5.75 Å². The maximum absolute atomic E-state index is 13.3. The molecule has 1 aliphatic heterocycles. The predicted octanol–water partition coefficient (Wildman–Crippen LogP) is 4.03. The molecule has 5 heteroatoms. The van der Waals surface area contributed by atoms with Crippen LogP contribution in [0.5, 0.6) is 5.75 Å². The number of hydrogen-bond donors (Lipinski definition) is 0. The maximum atomic E-state index is 13.3. The van der Waals surface area contributed by atoms with Crippen LogP contribution >= 0.6 is 11.6 Å². The van der Waals surface area contributed by atoms with E-state index in [0.29, 0.717) is 22.0 Å². The van der Waals surface area contributed by atoms with Crippen LogP contribution in [0.1, 0.15) is 11.3 Å². The smallest absolute Gasteiger partial charge is 0.282 e. The van der Waals surface area contributed by atoms with Gasteiger partial charge in [0, 0.05) is 23.8 Å². The van der Waals surface area contributed by atoms with E-state index in [9.17, 15) is 4.79 Å². The summed E-state index contributed by atoms with van der Waals surface area (Å²) in [6, 6.07) is 20.1. The fourth-order valence-corrected chi connectivity index (χ4v) is 3.35. The highest BCUT2D eigenvalue weighted by Gasteiger charge is 2.55. The van der Waals surface area contributed by atoms with Gasteiger partial charge >= 0.3 is 0 Å². The van der Waals surface area contributed by atoms with Crippen LogP contribution in [0.2, 0.25) is 5.02 Å². The summed E-state index contributed by atoms with van der Waals surface area (Å²) >= 11 is 6.23. The molecule has 25 heavy (non-hydrogen) atoms. The molecular formula is C20H15ClN2O2. The highest BCUT2D eigenvalue weighted by Crippen LogP contribution is 2.46. The monoisotopic (exact) mass is 350 g/mol. The van der Waals surface area contributed by atoms with Gasteiger partial charge in [0.25, 0.3) is 11.5 Å². The second kappa shape index (κ2) is 5.90. The summed E-state index contributed by atoms with van der Waals surface area (Å²) in [5.74, 6) is 0.384. The van der Waals surface area contributed by atoms with Crippen LogP contribution in [-0.2, 0) is 10.4 Å². The first kappa shape index (κ1) is 15.7. The molecule has 0 radical (unpaired) electrons. The average molecular weight is 351 g/mol. The number of hydrogen-bond acceptors (Lipinski definition) is 3. The van der Waals surface area contributed by atoms with E-state index in [4.69, 9.17) is 16.3 Å². The number of amides is 1. The normalized spacial score (nSPS) is 19.0. The number of ether oxygens (including phenoxy) is 1. The van der Waals surface area contributed by atoms with Gasteiger partial charge in [-0.1, -0.05) is 35.9 Å². The SMILES string of the molecule is CN1C(=O)C(Oc2ccccc2)(c2ccccn2)c2cc(Cl)ccc21. The van der Waals surface area contributed by atoms with E-state index < -0.39 is 5.60 Å². The van der Waals surface area contributed by atoms with E-state index in [-0.39, 0.29) is 5.91 Å². The molecule has 1 unspecified atom stereocenters. The lowest BCUT2D eigenvalue weighted by Gasteiger charge is -2.29. The Morgan fingerprint density at radius 2 is 1.80 bits per heavy atom. The van der Waals surface area contributed by atoms with Crippen LogP contribution in [0, 0.1) is 0 Å². The largest absolute Gasteiger partial charge is 0.466 e. The molecule has 4 nitrogen and oxygen atoms in total. The number of nitrogens with zero attached hydrogens (tertiary/aromatic N) is 2. The number of para-hydroxylation sites is 1. The summed E-state index contributed by atoms with van der Waals surface area (Å²) in [6.07, 6.45) is 1.65. The Bertz CT molecular complexity index is 931. The minimum absolute atomic E-state index is 0.202. The average Bonchev–Trinajstić information content (AvgIpc) is 2.85. The van der Waals surface area contributed by atoms with E-state index in [1.807, 2.05) is 48.5 Å². The van der Waals surface area contributed by atoms with Gasteiger partial charge in [0.15, 0.2) is 0 Å². The first-order chi connectivity index (χ1) is 12.1. The zero-order valence-electron chi connectivity index (χ0n) is 13.5. The molecule has 0 fully saturated rings. The van der Waals surface area contributed by atoms with Crippen LogP contribution in [0.3, 0.4) is 0 Å². The van der Waals surface area contributed by atoms with Gasteiger partial charge in [-0.25, -0.2) is 0 Å². The van der Waals surface area contributed by atoms with Gasteiger partial charge < -0.3 is 9.64 Å². The van der Waals surface area contributed by atoms with Crippen molar-refractivity contribution < 1.29 is 9.53 Å². The number of pyridine rings is 1. The summed E-state index contributed by atoms with van der Waals surface area (Å²) in [7, 11) is 1.73. The Morgan fingerprint density at radius 3 is 2.52 bits per heavy atom. The van der Waals surface area contributed by atoms with Gasteiger partial charge in [0.05, 0.1) is 11.4 Å². The van der Waals surface area contributed by atoms with Crippen molar-refractivity contribution in [3.63, 3.8) is 0 Å².